The maximum absolute atomic E-state index is 6.57. The number of fused-ring (bicyclic) bond motifs is 3. The van der Waals surface area contributed by atoms with Crippen LogP contribution in [-0.2, 0) is 13.5 Å². The molecule has 0 radical (unpaired) electrons. The third-order valence-electron chi connectivity index (χ3n) is 5.06. The number of hydrogen-bond donors (Lipinski definition) is 1. The Hall–Kier alpha value is -1.13. The lowest BCUT2D eigenvalue weighted by Crippen LogP contribution is -2.18. The molecule has 4 atom stereocenters. The Morgan fingerprint density at radius 3 is 2.95 bits per heavy atom. The van der Waals surface area contributed by atoms with Crippen molar-refractivity contribution in [3.05, 3.63) is 51.8 Å². The minimum absolute atomic E-state index is 0.0676. The van der Waals surface area contributed by atoms with Gasteiger partial charge in [-0.3, -0.25) is 4.68 Å². The molecule has 2 aromatic rings. The molecule has 104 valence electrons. The van der Waals surface area contributed by atoms with Gasteiger partial charge in [-0.15, -0.1) is 0 Å². The molecule has 1 saturated carbocycles. The monoisotopic (exact) mass is 331 g/mol. The molecule has 0 bridgehead atoms. The molecule has 4 unspecified atom stereocenters. The highest BCUT2D eigenvalue weighted by Crippen LogP contribution is 2.63. The molecule has 2 N–H and O–H groups in total. The van der Waals surface area contributed by atoms with Crippen molar-refractivity contribution in [2.24, 2.45) is 24.6 Å². The quantitative estimate of drug-likeness (QED) is 0.918. The van der Waals surface area contributed by atoms with E-state index in [1.165, 1.54) is 24.0 Å². The number of nitrogens with zero attached hydrogens (tertiary/aromatic N) is 2. The molecule has 20 heavy (non-hydrogen) atoms. The highest BCUT2D eigenvalue weighted by molar-refractivity contribution is 9.10. The van der Waals surface area contributed by atoms with Crippen molar-refractivity contribution >= 4 is 15.9 Å². The van der Waals surface area contributed by atoms with Crippen molar-refractivity contribution in [2.45, 2.75) is 24.8 Å². The summed E-state index contributed by atoms with van der Waals surface area (Å²) in [5.74, 6) is 1.96. The van der Waals surface area contributed by atoms with Crippen molar-refractivity contribution in [1.82, 2.24) is 9.78 Å². The van der Waals surface area contributed by atoms with Crippen LogP contribution in [0, 0.1) is 11.8 Å². The minimum atomic E-state index is 0.0676. The summed E-state index contributed by atoms with van der Waals surface area (Å²) in [6.45, 7) is 0. The van der Waals surface area contributed by atoms with Crippen LogP contribution in [-0.4, -0.2) is 9.78 Å². The van der Waals surface area contributed by atoms with E-state index >= 15 is 0 Å². The lowest BCUT2D eigenvalue weighted by atomic mass is 9.92. The summed E-state index contributed by atoms with van der Waals surface area (Å²) in [5, 5.41) is 4.30. The van der Waals surface area contributed by atoms with E-state index in [0.29, 0.717) is 11.8 Å². The lowest BCUT2D eigenvalue weighted by molar-refractivity contribution is 0.517. The first-order valence-electron chi connectivity index (χ1n) is 7.19. The molecule has 3 nitrogen and oxygen atoms in total. The fourth-order valence-electron chi connectivity index (χ4n) is 4.09. The van der Waals surface area contributed by atoms with E-state index in [1.54, 1.807) is 0 Å². The molecule has 1 fully saturated rings. The van der Waals surface area contributed by atoms with E-state index < -0.39 is 0 Å². The second-order valence-electron chi connectivity index (χ2n) is 6.03. The van der Waals surface area contributed by atoms with Gasteiger partial charge in [-0.25, -0.2) is 0 Å². The van der Waals surface area contributed by atoms with Crippen molar-refractivity contribution < 1.29 is 0 Å². The fourth-order valence-corrected chi connectivity index (χ4v) is 4.70. The third kappa shape index (κ3) is 1.71. The average Bonchev–Trinajstić information content (AvgIpc) is 3.11. The van der Waals surface area contributed by atoms with Gasteiger partial charge in [-0.1, -0.05) is 24.3 Å². The molecule has 4 rings (SSSR count). The van der Waals surface area contributed by atoms with E-state index in [0.717, 1.165) is 16.1 Å². The summed E-state index contributed by atoms with van der Waals surface area (Å²) in [5.41, 5.74) is 10.8. The van der Waals surface area contributed by atoms with Crippen molar-refractivity contribution in [2.75, 3.05) is 0 Å². The lowest BCUT2D eigenvalue weighted by Gasteiger charge is -2.14. The summed E-state index contributed by atoms with van der Waals surface area (Å²) in [7, 11) is 1.97. The van der Waals surface area contributed by atoms with Crippen molar-refractivity contribution in [1.29, 1.82) is 0 Å². The van der Waals surface area contributed by atoms with Crippen LogP contribution < -0.4 is 5.73 Å². The highest BCUT2D eigenvalue weighted by Gasteiger charge is 2.56. The van der Waals surface area contributed by atoms with Crippen LogP contribution in [0.3, 0.4) is 0 Å². The molecule has 2 aliphatic carbocycles. The summed E-state index contributed by atoms with van der Waals surface area (Å²) in [6, 6.07) is 8.93. The van der Waals surface area contributed by atoms with Crippen LogP contribution in [0.2, 0.25) is 0 Å². The topological polar surface area (TPSA) is 43.8 Å². The number of rotatable bonds is 2. The van der Waals surface area contributed by atoms with Crippen molar-refractivity contribution in [3.8, 4) is 0 Å². The van der Waals surface area contributed by atoms with E-state index in [-0.39, 0.29) is 6.04 Å². The minimum Gasteiger partial charge on any atom is -0.322 e. The van der Waals surface area contributed by atoms with Gasteiger partial charge in [0.1, 0.15) is 0 Å². The molecule has 0 spiro atoms. The Kier molecular flexibility index (Phi) is 2.79. The standard InChI is InChI=1S/C16H18BrN3/c1-20-16(12(17)8-19-20)15(18)14-11-7-6-9-4-2-3-5-10(9)13(11)14/h2-5,8,11,13-15H,6-7,18H2,1H3. The summed E-state index contributed by atoms with van der Waals surface area (Å²) < 4.78 is 2.94. The first-order valence-corrected chi connectivity index (χ1v) is 7.98. The first kappa shape index (κ1) is 12.6. The molecular formula is C16H18BrN3. The number of nitrogens with two attached hydrogens (primary N) is 1. The second kappa shape index (κ2) is 4.43. The van der Waals surface area contributed by atoms with Gasteiger partial charge in [0, 0.05) is 7.05 Å². The molecule has 4 heteroatoms. The summed E-state index contributed by atoms with van der Waals surface area (Å²) in [4.78, 5) is 0. The van der Waals surface area contributed by atoms with Crippen LogP contribution in [0.5, 0.6) is 0 Å². The molecule has 0 amide bonds. The van der Waals surface area contributed by atoms with Crippen LogP contribution in [0.25, 0.3) is 0 Å². The SMILES string of the molecule is Cn1ncc(Br)c1C(N)C1C2CCc3ccccc3C21. The van der Waals surface area contributed by atoms with Crippen LogP contribution in [0.1, 0.15) is 35.2 Å². The third-order valence-corrected chi connectivity index (χ3v) is 5.67. The normalized spacial score (nSPS) is 28.6. The predicted molar refractivity (Wildman–Crippen MR) is 82.3 cm³/mol. The Bertz CT molecular complexity index is 644. The summed E-state index contributed by atoms with van der Waals surface area (Å²) in [6.07, 6.45) is 4.32. The van der Waals surface area contributed by atoms with Gasteiger partial charge in [0.2, 0.25) is 0 Å². The van der Waals surface area contributed by atoms with E-state index in [1.807, 2.05) is 17.9 Å². The zero-order chi connectivity index (χ0) is 13.9. The Labute approximate surface area is 127 Å². The van der Waals surface area contributed by atoms with E-state index in [2.05, 4.69) is 45.3 Å². The van der Waals surface area contributed by atoms with Gasteiger partial charge < -0.3 is 5.73 Å². The van der Waals surface area contributed by atoms with Crippen LogP contribution in [0.4, 0.5) is 0 Å². The van der Waals surface area contributed by atoms with Gasteiger partial charge in [0.15, 0.2) is 0 Å². The Balaban J connectivity index is 1.67. The summed E-state index contributed by atoms with van der Waals surface area (Å²) >= 11 is 3.58. The molecule has 0 saturated heterocycles. The number of aryl methyl sites for hydroxylation is 2. The first-order chi connectivity index (χ1) is 9.68. The zero-order valence-corrected chi connectivity index (χ0v) is 13.0. The van der Waals surface area contributed by atoms with Gasteiger partial charge in [-0.2, -0.15) is 5.10 Å². The van der Waals surface area contributed by atoms with Gasteiger partial charge in [0.25, 0.3) is 0 Å². The number of aromatic nitrogens is 2. The van der Waals surface area contributed by atoms with E-state index in [4.69, 9.17) is 5.73 Å². The molecule has 1 heterocycles. The van der Waals surface area contributed by atoms with Crippen molar-refractivity contribution in [3.63, 3.8) is 0 Å². The molecule has 1 aromatic carbocycles. The Morgan fingerprint density at radius 2 is 2.20 bits per heavy atom. The van der Waals surface area contributed by atoms with Gasteiger partial charge in [0.05, 0.1) is 22.4 Å². The molecule has 0 aliphatic heterocycles. The average molecular weight is 332 g/mol. The molecule has 2 aliphatic rings. The second-order valence-corrected chi connectivity index (χ2v) is 6.89. The smallest absolute Gasteiger partial charge is 0.0693 e. The maximum atomic E-state index is 6.57. The van der Waals surface area contributed by atoms with Gasteiger partial charge >= 0.3 is 0 Å². The Morgan fingerprint density at radius 1 is 1.40 bits per heavy atom. The zero-order valence-electron chi connectivity index (χ0n) is 11.5. The number of halogens is 1. The maximum Gasteiger partial charge on any atom is 0.0693 e. The fraction of sp³-hybridized carbons (Fsp3) is 0.438. The molecule has 1 aromatic heterocycles. The molecular weight excluding hydrogens is 314 g/mol. The largest absolute Gasteiger partial charge is 0.322 e. The van der Waals surface area contributed by atoms with E-state index in [9.17, 15) is 0 Å². The van der Waals surface area contributed by atoms with Crippen LogP contribution >= 0.6 is 15.9 Å². The number of hydrogen-bond acceptors (Lipinski definition) is 2. The highest BCUT2D eigenvalue weighted by atomic mass is 79.9. The van der Waals surface area contributed by atoms with Gasteiger partial charge in [-0.05, 0) is 57.7 Å². The number of benzene rings is 1. The van der Waals surface area contributed by atoms with Crippen LogP contribution in [0.15, 0.2) is 34.9 Å². The predicted octanol–water partition coefficient (Wildman–Crippen LogP) is 3.16.